The summed E-state index contributed by atoms with van der Waals surface area (Å²) in [4.78, 5) is 0. The van der Waals surface area contributed by atoms with Crippen molar-refractivity contribution in [3.8, 4) is 5.75 Å². The highest BCUT2D eigenvalue weighted by molar-refractivity contribution is 5.23. The van der Waals surface area contributed by atoms with Crippen molar-refractivity contribution < 1.29 is 23.4 Å². The van der Waals surface area contributed by atoms with Gasteiger partial charge in [0, 0.05) is 6.07 Å². The van der Waals surface area contributed by atoms with Crippen LogP contribution < -0.4 is 4.74 Å². The second kappa shape index (κ2) is 4.35. The van der Waals surface area contributed by atoms with Gasteiger partial charge in [-0.1, -0.05) is 0 Å². The fourth-order valence-corrected chi connectivity index (χ4v) is 1.41. The van der Waals surface area contributed by atoms with Crippen molar-refractivity contribution in [1.82, 2.24) is 0 Å². The number of aliphatic hydroxyl groups is 1. The number of halogens is 2. The highest BCUT2D eigenvalue weighted by Crippen LogP contribution is 2.28. The van der Waals surface area contributed by atoms with E-state index in [1.165, 1.54) is 6.07 Å². The van der Waals surface area contributed by atoms with Gasteiger partial charge in [0.1, 0.15) is 12.4 Å². The highest BCUT2D eigenvalue weighted by Gasteiger charge is 2.39. The summed E-state index contributed by atoms with van der Waals surface area (Å²) >= 11 is 0. The predicted octanol–water partition coefficient (Wildman–Crippen LogP) is 1.35. The first-order chi connectivity index (χ1) is 7.65. The van der Waals surface area contributed by atoms with Crippen LogP contribution in [0.3, 0.4) is 0 Å². The van der Waals surface area contributed by atoms with Crippen LogP contribution in [0.1, 0.15) is 0 Å². The molecule has 0 aliphatic carbocycles. The van der Waals surface area contributed by atoms with Crippen molar-refractivity contribution in [2.75, 3.05) is 26.4 Å². The van der Waals surface area contributed by atoms with Crippen LogP contribution in [0.25, 0.3) is 0 Å². The molecule has 1 aliphatic heterocycles. The summed E-state index contributed by atoms with van der Waals surface area (Å²) in [5.41, 5.74) is -0.398. The Morgan fingerprint density at radius 1 is 1.31 bits per heavy atom. The highest BCUT2D eigenvalue weighted by atomic mass is 19.2. The van der Waals surface area contributed by atoms with E-state index in [4.69, 9.17) is 14.6 Å². The molecule has 1 aromatic rings. The molecular weight excluding hydrogens is 218 g/mol. The SMILES string of the molecule is OCC1(COc2ccc(F)c(F)c2)COC1. The molecule has 5 heteroatoms. The second-order valence-corrected chi connectivity index (χ2v) is 4.02. The maximum absolute atomic E-state index is 12.8. The van der Waals surface area contributed by atoms with Gasteiger partial charge in [-0.3, -0.25) is 0 Å². The summed E-state index contributed by atoms with van der Waals surface area (Å²) in [6.45, 7) is 1.03. The van der Waals surface area contributed by atoms with Gasteiger partial charge in [0.05, 0.1) is 25.2 Å². The predicted molar refractivity (Wildman–Crippen MR) is 52.2 cm³/mol. The number of hydrogen-bond acceptors (Lipinski definition) is 3. The van der Waals surface area contributed by atoms with E-state index in [0.717, 1.165) is 12.1 Å². The topological polar surface area (TPSA) is 38.7 Å². The van der Waals surface area contributed by atoms with Crippen molar-refractivity contribution in [1.29, 1.82) is 0 Å². The fourth-order valence-electron chi connectivity index (χ4n) is 1.41. The van der Waals surface area contributed by atoms with Gasteiger partial charge in [0.2, 0.25) is 0 Å². The van der Waals surface area contributed by atoms with E-state index in [9.17, 15) is 8.78 Å². The molecule has 1 aromatic carbocycles. The average molecular weight is 230 g/mol. The standard InChI is InChI=1S/C11H12F2O3/c12-9-2-1-8(3-10(9)13)16-7-11(4-14)5-15-6-11/h1-3,14H,4-7H2. The van der Waals surface area contributed by atoms with Crippen LogP contribution in [0.2, 0.25) is 0 Å². The van der Waals surface area contributed by atoms with Crippen LogP contribution in [0.4, 0.5) is 8.78 Å². The van der Waals surface area contributed by atoms with Gasteiger partial charge < -0.3 is 14.6 Å². The Morgan fingerprint density at radius 2 is 2.06 bits per heavy atom. The van der Waals surface area contributed by atoms with E-state index in [2.05, 4.69) is 0 Å². The maximum atomic E-state index is 12.8. The quantitative estimate of drug-likeness (QED) is 0.848. The van der Waals surface area contributed by atoms with E-state index in [-0.39, 0.29) is 19.0 Å². The molecule has 0 atom stereocenters. The summed E-state index contributed by atoms with van der Waals surface area (Å²) < 4.78 is 35.8. The molecule has 88 valence electrons. The van der Waals surface area contributed by atoms with Gasteiger partial charge in [-0.2, -0.15) is 0 Å². The van der Waals surface area contributed by atoms with Crippen LogP contribution in [0, 0.1) is 17.0 Å². The Kier molecular flexibility index (Phi) is 3.07. The smallest absolute Gasteiger partial charge is 0.162 e. The summed E-state index contributed by atoms with van der Waals surface area (Å²) in [5, 5.41) is 9.12. The van der Waals surface area contributed by atoms with Crippen LogP contribution >= 0.6 is 0 Å². The third-order valence-electron chi connectivity index (χ3n) is 2.59. The van der Waals surface area contributed by atoms with Crippen LogP contribution in [-0.4, -0.2) is 31.5 Å². The molecule has 0 bridgehead atoms. The molecule has 0 aromatic heterocycles. The molecule has 0 radical (unpaired) electrons. The second-order valence-electron chi connectivity index (χ2n) is 4.02. The molecule has 1 aliphatic rings. The van der Waals surface area contributed by atoms with Crippen molar-refractivity contribution in [2.24, 2.45) is 5.41 Å². The molecular formula is C11H12F2O3. The van der Waals surface area contributed by atoms with Crippen molar-refractivity contribution in [3.63, 3.8) is 0 Å². The largest absolute Gasteiger partial charge is 0.493 e. The van der Waals surface area contributed by atoms with Gasteiger partial charge in [-0.05, 0) is 12.1 Å². The Balaban J connectivity index is 1.96. The minimum absolute atomic E-state index is 0.0450. The number of aliphatic hydroxyl groups excluding tert-OH is 1. The number of rotatable bonds is 4. The zero-order valence-corrected chi connectivity index (χ0v) is 8.58. The lowest BCUT2D eigenvalue weighted by Crippen LogP contribution is -2.49. The molecule has 1 saturated heterocycles. The Hall–Kier alpha value is -1.20. The Labute approximate surface area is 91.6 Å². The van der Waals surface area contributed by atoms with E-state index >= 15 is 0 Å². The lowest BCUT2D eigenvalue weighted by molar-refractivity contribution is -0.153. The van der Waals surface area contributed by atoms with E-state index in [1.807, 2.05) is 0 Å². The number of hydrogen-bond donors (Lipinski definition) is 1. The molecule has 1 fully saturated rings. The lowest BCUT2D eigenvalue weighted by Gasteiger charge is -2.39. The van der Waals surface area contributed by atoms with Crippen molar-refractivity contribution in [2.45, 2.75) is 0 Å². The Bertz CT molecular complexity index is 372. The third-order valence-corrected chi connectivity index (χ3v) is 2.59. The molecule has 0 spiro atoms. The average Bonchev–Trinajstić information content (AvgIpc) is 2.22. The summed E-state index contributed by atoms with van der Waals surface area (Å²) in [5.74, 6) is -1.60. The summed E-state index contributed by atoms with van der Waals surface area (Å²) in [6.07, 6.45) is 0. The first kappa shape index (κ1) is 11.3. The maximum Gasteiger partial charge on any atom is 0.162 e. The molecule has 0 amide bonds. The summed E-state index contributed by atoms with van der Waals surface area (Å²) in [7, 11) is 0. The van der Waals surface area contributed by atoms with Crippen LogP contribution in [0.5, 0.6) is 5.75 Å². The van der Waals surface area contributed by atoms with Gasteiger partial charge in [-0.25, -0.2) is 8.78 Å². The molecule has 3 nitrogen and oxygen atoms in total. The lowest BCUT2D eigenvalue weighted by atomic mass is 9.88. The molecule has 16 heavy (non-hydrogen) atoms. The van der Waals surface area contributed by atoms with Gasteiger partial charge in [-0.15, -0.1) is 0 Å². The van der Waals surface area contributed by atoms with E-state index in [0.29, 0.717) is 13.2 Å². The van der Waals surface area contributed by atoms with Gasteiger partial charge in [0.25, 0.3) is 0 Å². The molecule has 0 unspecified atom stereocenters. The summed E-state index contributed by atoms with van der Waals surface area (Å²) in [6, 6.07) is 3.34. The minimum Gasteiger partial charge on any atom is -0.493 e. The molecule has 0 saturated carbocycles. The van der Waals surface area contributed by atoms with Crippen molar-refractivity contribution in [3.05, 3.63) is 29.8 Å². The zero-order valence-electron chi connectivity index (χ0n) is 8.58. The van der Waals surface area contributed by atoms with E-state index in [1.54, 1.807) is 0 Å². The number of ether oxygens (including phenoxy) is 2. The van der Waals surface area contributed by atoms with Crippen LogP contribution in [0.15, 0.2) is 18.2 Å². The first-order valence-corrected chi connectivity index (χ1v) is 4.92. The number of benzene rings is 1. The minimum atomic E-state index is -0.944. The van der Waals surface area contributed by atoms with Gasteiger partial charge >= 0.3 is 0 Å². The molecule has 1 heterocycles. The Morgan fingerprint density at radius 3 is 2.56 bits per heavy atom. The van der Waals surface area contributed by atoms with Gasteiger partial charge in [0.15, 0.2) is 11.6 Å². The normalized spacial score (nSPS) is 17.9. The fraction of sp³-hybridized carbons (Fsp3) is 0.455. The molecule has 2 rings (SSSR count). The van der Waals surface area contributed by atoms with Crippen LogP contribution in [-0.2, 0) is 4.74 Å². The van der Waals surface area contributed by atoms with E-state index < -0.39 is 17.0 Å². The zero-order chi connectivity index (χ0) is 11.6. The third kappa shape index (κ3) is 2.15. The van der Waals surface area contributed by atoms with Crippen molar-refractivity contribution >= 4 is 0 Å². The monoisotopic (exact) mass is 230 g/mol. The first-order valence-electron chi connectivity index (χ1n) is 4.92. The molecule has 1 N–H and O–H groups in total.